The van der Waals surface area contributed by atoms with Crippen molar-refractivity contribution < 1.29 is 19.4 Å². The molecule has 2 unspecified atom stereocenters. The highest BCUT2D eigenvalue weighted by atomic mass is 16.8. The Morgan fingerprint density at radius 3 is 2.55 bits per heavy atom. The normalized spacial score (nSPS) is 31.8. The van der Waals surface area contributed by atoms with Gasteiger partial charge in [0.15, 0.2) is 11.4 Å². The molecule has 4 heteroatoms. The second kappa shape index (κ2) is 4.86. The summed E-state index contributed by atoms with van der Waals surface area (Å²) in [6.45, 7) is 1.63. The lowest BCUT2D eigenvalue weighted by atomic mass is 9.93. The molecular formula is C16H20O4. The number of hydrogen-bond acceptors (Lipinski definition) is 3. The summed E-state index contributed by atoms with van der Waals surface area (Å²) in [5.41, 5.74) is -0.191. The molecule has 1 spiro atoms. The average molecular weight is 276 g/mol. The maximum atomic E-state index is 11.7. The van der Waals surface area contributed by atoms with Crippen LogP contribution in [0.5, 0.6) is 0 Å². The summed E-state index contributed by atoms with van der Waals surface area (Å²) in [5.74, 6) is -1.62. The zero-order valence-corrected chi connectivity index (χ0v) is 11.7. The van der Waals surface area contributed by atoms with Gasteiger partial charge in [0, 0.05) is 19.3 Å². The quantitative estimate of drug-likeness (QED) is 0.922. The molecule has 0 bridgehead atoms. The summed E-state index contributed by atoms with van der Waals surface area (Å²) < 4.78 is 12.0. The first-order valence-corrected chi connectivity index (χ1v) is 7.19. The molecule has 1 saturated heterocycles. The lowest BCUT2D eigenvalue weighted by Crippen LogP contribution is -2.46. The van der Waals surface area contributed by atoms with Crippen LogP contribution >= 0.6 is 0 Å². The van der Waals surface area contributed by atoms with E-state index in [-0.39, 0.29) is 0 Å². The fourth-order valence-corrected chi connectivity index (χ4v) is 3.23. The van der Waals surface area contributed by atoms with Gasteiger partial charge in [0.05, 0.1) is 0 Å². The summed E-state index contributed by atoms with van der Waals surface area (Å²) in [5, 5.41) is 9.56. The number of rotatable bonds is 3. The molecule has 1 aliphatic heterocycles. The van der Waals surface area contributed by atoms with Crippen LogP contribution in [0.25, 0.3) is 0 Å². The molecule has 20 heavy (non-hydrogen) atoms. The molecule has 0 radical (unpaired) electrons. The largest absolute Gasteiger partial charge is 0.479 e. The van der Waals surface area contributed by atoms with Gasteiger partial charge < -0.3 is 14.6 Å². The van der Waals surface area contributed by atoms with Crippen molar-refractivity contribution in [2.24, 2.45) is 0 Å². The van der Waals surface area contributed by atoms with E-state index in [2.05, 4.69) is 0 Å². The van der Waals surface area contributed by atoms with Crippen molar-refractivity contribution in [2.75, 3.05) is 0 Å². The molecule has 1 aliphatic carbocycles. The van der Waals surface area contributed by atoms with E-state index >= 15 is 0 Å². The Kier molecular flexibility index (Phi) is 3.30. The Morgan fingerprint density at radius 2 is 1.95 bits per heavy atom. The van der Waals surface area contributed by atoms with Crippen LogP contribution in [-0.2, 0) is 20.7 Å². The van der Waals surface area contributed by atoms with Gasteiger partial charge in [-0.15, -0.1) is 0 Å². The monoisotopic (exact) mass is 276 g/mol. The van der Waals surface area contributed by atoms with Crippen LogP contribution in [0.1, 0.15) is 38.2 Å². The van der Waals surface area contributed by atoms with Crippen molar-refractivity contribution in [1.82, 2.24) is 0 Å². The molecule has 1 N–H and O–H groups in total. The standard InChI is InChI=1S/C16H20O4/c1-15(14(17)18)13(11-12-7-3-2-4-8-12)19-16(20-15)9-5-6-10-16/h2-4,7-8,13H,5-6,9-11H2,1H3,(H,17,18). The summed E-state index contributed by atoms with van der Waals surface area (Å²) in [7, 11) is 0. The van der Waals surface area contributed by atoms with E-state index in [0.29, 0.717) is 6.42 Å². The molecule has 0 aromatic heterocycles. The minimum atomic E-state index is -1.26. The van der Waals surface area contributed by atoms with Crippen LogP contribution in [0.4, 0.5) is 0 Å². The molecular weight excluding hydrogens is 256 g/mol. The van der Waals surface area contributed by atoms with E-state index in [4.69, 9.17) is 9.47 Å². The Morgan fingerprint density at radius 1 is 1.30 bits per heavy atom. The van der Waals surface area contributed by atoms with Crippen molar-refractivity contribution >= 4 is 5.97 Å². The molecule has 0 amide bonds. The van der Waals surface area contributed by atoms with Crippen molar-refractivity contribution in [1.29, 1.82) is 0 Å². The summed E-state index contributed by atoms with van der Waals surface area (Å²) >= 11 is 0. The molecule has 3 rings (SSSR count). The number of benzene rings is 1. The molecule has 4 nitrogen and oxygen atoms in total. The summed E-state index contributed by atoms with van der Waals surface area (Å²) in [6, 6.07) is 9.84. The fourth-order valence-electron chi connectivity index (χ4n) is 3.23. The second-order valence-corrected chi connectivity index (χ2v) is 5.93. The predicted octanol–water partition coefficient (Wildman–Crippen LogP) is 2.76. The van der Waals surface area contributed by atoms with Gasteiger partial charge >= 0.3 is 5.97 Å². The van der Waals surface area contributed by atoms with Gasteiger partial charge in [0.25, 0.3) is 0 Å². The van der Waals surface area contributed by atoms with Crippen LogP contribution in [-0.4, -0.2) is 28.6 Å². The highest BCUT2D eigenvalue weighted by Gasteiger charge is 2.59. The zero-order valence-electron chi connectivity index (χ0n) is 11.7. The van der Waals surface area contributed by atoms with E-state index in [1.807, 2.05) is 30.3 Å². The molecule has 2 fully saturated rings. The van der Waals surface area contributed by atoms with E-state index in [0.717, 1.165) is 31.2 Å². The van der Waals surface area contributed by atoms with Crippen LogP contribution < -0.4 is 0 Å². The summed E-state index contributed by atoms with van der Waals surface area (Å²) in [4.78, 5) is 11.7. The number of hydrogen-bond donors (Lipinski definition) is 1. The molecule has 1 aromatic carbocycles. The minimum Gasteiger partial charge on any atom is -0.479 e. The molecule has 1 aromatic rings. The van der Waals surface area contributed by atoms with Gasteiger partial charge in [-0.25, -0.2) is 4.79 Å². The van der Waals surface area contributed by atoms with Gasteiger partial charge in [0.1, 0.15) is 6.10 Å². The topological polar surface area (TPSA) is 55.8 Å². The third-order valence-corrected chi connectivity index (χ3v) is 4.42. The van der Waals surface area contributed by atoms with E-state index in [1.54, 1.807) is 6.92 Å². The van der Waals surface area contributed by atoms with Gasteiger partial charge in [-0.2, -0.15) is 0 Å². The maximum Gasteiger partial charge on any atom is 0.338 e. The smallest absolute Gasteiger partial charge is 0.338 e. The first-order valence-electron chi connectivity index (χ1n) is 7.19. The minimum absolute atomic E-state index is 0.444. The van der Waals surface area contributed by atoms with Crippen molar-refractivity contribution in [2.45, 2.75) is 56.5 Å². The summed E-state index contributed by atoms with van der Waals surface area (Å²) in [6.07, 6.45) is 3.77. The van der Waals surface area contributed by atoms with E-state index in [1.165, 1.54) is 0 Å². The Bertz CT molecular complexity index is 492. The van der Waals surface area contributed by atoms with Gasteiger partial charge in [0.2, 0.25) is 0 Å². The van der Waals surface area contributed by atoms with Crippen LogP contribution in [0, 0.1) is 0 Å². The maximum absolute atomic E-state index is 11.7. The van der Waals surface area contributed by atoms with Crippen LogP contribution in [0.2, 0.25) is 0 Å². The van der Waals surface area contributed by atoms with Crippen molar-refractivity contribution in [3.8, 4) is 0 Å². The van der Waals surface area contributed by atoms with E-state index < -0.39 is 23.5 Å². The Labute approximate surface area is 118 Å². The van der Waals surface area contributed by atoms with Gasteiger partial charge in [-0.1, -0.05) is 30.3 Å². The predicted molar refractivity (Wildman–Crippen MR) is 73.3 cm³/mol. The Balaban J connectivity index is 1.85. The number of aliphatic carboxylic acids is 1. The lowest BCUT2D eigenvalue weighted by molar-refractivity contribution is -0.194. The van der Waals surface area contributed by atoms with Crippen LogP contribution in [0.15, 0.2) is 30.3 Å². The second-order valence-electron chi connectivity index (χ2n) is 5.93. The third-order valence-electron chi connectivity index (χ3n) is 4.42. The molecule has 108 valence electrons. The number of carboxylic acid groups (broad SMARTS) is 1. The van der Waals surface area contributed by atoms with Crippen molar-refractivity contribution in [3.63, 3.8) is 0 Å². The Hall–Kier alpha value is -1.39. The molecule has 2 aliphatic rings. The molecule has 2 atom stereocenters. The SMILES string of the molecule is CC1(C(=O)O)OC2(CCCC2)OC1Cc1ccccc1. The first kappa shape index (κ1) is 13.6. The van der Waals surface area contributed by atoms with E-state index in [9.17, 15) is 9.90 Å². The number of carboxylic acids is 1. The van der Waals surface area contributed by atoms with Crippen LogP contribution in [0.3, 0.4) is 0 Å². The molecule has 1 saturated carbocycles. The number of carbonyl (C=O) groups is 1. The average Bonchev–Trinajstić information content (AvgIpc) is 2.98. The molecule has 1 heterocycles. The number of ether oxygens (including phenoxy) is 2. The van der Waals surface area contributed by atoms with Gasteiger partial charge in [-0.3, -0.25) is 0 Å². The zero-order chi connectivity index (χ0) is 14.2. The highest BCUT2D eigenvalue weighted by molar-refractivity contribution is 5.78. The first-order chi connectivity index (χ1) is 9.54. The van der Waals surface area contributed by atoms with Crippen molar-refractivity contribution in [3.05, 3.63) is 35.9 Å². The lowest BCUT2D eigenvalue weighted by Gasteiger charge is -2.25. The van der Waals surface area contributed by atoms with Gasteiger partial charge in [-0.05, 0) is 25.3 Å². The highest BCUT2D eigenvalue weighted by Crippen LogP contribution is 2.47. The fraction of sp³-hybridized carbons (Fsp3) is 0.562. The third kappa shape index (κ3) is 2.23.